The third-order valence-corrected chi connectivity index (χ3v) is 6.54. The maximum absolute atomic E-state index is 13.5. The van der Waals surface area contributed by atoms with Crippen LogP contribution < -0.4 is 20.9 Å². The van der Waals surface area contributed by atoms with Gasteiger partial charge in [0, 0.05) is 30.6 Å². The van der Waals surface area contributed by atoms with E-state index in [0.717, 1.165) is 27.6 Å². The average Bonchev–Trinajstić information content (AvgIpc) is 3.33. The van der Waals surface area contributed by atoms with Gasteiger partial charge in [-0.2, -0.15) is 13.2 Å². The minimum absolute atomic E-state index is 0.190. The molecular weight excluding hydrogens is 461 g/mol. The summed E-state index contributed by atoms with van der Waals surface area (Å²) in [6.45, 7) is 3.30. The SMILES string of the molecule is Cc1nc(N2CCNCC2C(F)(F)F)ccc1N(C=O)Cc1ccc2c3c(c(N)nc2c1)COC3. The van der Waals surface area contributed by atoms with Crippen molar-refractivity contribution in [1.82, 2.24) is 15.3 Å². The molecule has 8 nitrogen and oxygen atoms in total. The van der Waals surface area contributed by atoms with Crippen molar-refractivity contribution < 1.29 is 22.7 Å². The van der Waals surface area contributed by atoms with Crippen molar-refractivity contribution in [3.8, 4) is 0 Å². The van der Waals surface area contributed by atoms with Crippen molar-refractivity contribution in [3.05, 3.63) is 52.7 Å². The molecular formula is C24H25F3N6O2. The molecule has 1 amide bonds. The summed E-state index contributed by atoms with van der Waals surface area (Å²) in [5.41, 5.74) is 10.6. The summed E-state index contributed by atoms with van der Waals surface area (Å²) in [7, 11) is 0. The molecule has 3 N–H and O–H groups in total. The Balaban J connectivity index is 1.41. The quantitative estimate of drug-likeness (QED) is 0.535. The van der Waals surface area contributed by atoms with Crippen LogP contribution in [0.5, 0.6) is 0 Å². The lowest BCUT2D eigenvalue weighted by Gasteiger charge is -2.38. The molecule has 1 unspecified atom stereocenters. The number of aromatic nitrogens is 2. The Morgan fingerprint density at radius 1 is 1.23 bits per heavy atom. The number of anilines is 3. The number of aryl methyl sites for hydroxylation is 1. The van der Waals surface area contributed by atoms with E-state index in [4.69, 9.17) is 10.5 Å². The third-order valence-electron chi connectivity index (χ3n) is 6.54. The lowest BCUT2D eigenvalue weighted by molar-refractivity contribution is -0.149. The smallest absolute Gasteiger partial charge is 0.383 e. The van der Waals surface area contributed by atoms with Crippen LogP contribution >= 0.6 is 0 Å². The van der Waals surface area contributed by atoms with E-state index >= 15 is 0 Å². The summed E-state index contributed by atoms with van der Waals surface area (Å²) in [5.74, 6) is 0.678. The van der Waals surface area contributed by atoms with Crippen LogP contribution in [0.25, 0.3) is 10.9 Å². The number of halogens is 3. The molecule has 2 aromatic heterocycles. The molecule has 1 fully saturated rings. The number of carbonyl (C=O) groups is 1. The summed E-state index contributed by atoms with van der Waals surface area (Å²) < 4.78 is 46.0. The third kappa shape index (κ3) is 4.37. The number of benzene rings is 1. The average molecular weight is 486 g/mol. The first-order valence-electron chi connectivity index (χ1n) is 11.3. The molecule has 1 atom stereocenters. The Hall–Kier alpha value is -3.44. The summed E-state index contributed by atoms with van der Waals surface area (Å²) in [6.07, 6.45) is -3.69. The van der Waals surface area contributed by atoms with Gasteiger partial charge in [0.05, 0.1) is 36.7 Å². The number of nitrogens with two attached hydrogens (primary N) is 1. The predicted octanol–water partition coefficient (Wildman–Crippen LogP) is 3.05. The number of pyridine rings is 2. The Morgan fingerprint density at radius 3 is 2.77 bits per heavy atom. The van der Waals surface area contributed by atoms with Gasteiger partial charge in [-0.15, -0.1) is 0 Å². The number of piperazine rings is 1. The molecule has 0 radical (unpaired) electrons. The zero-order valence-corrected chi connectivity index (χ0v) is 19.1. The number of fused-ring (bicyclic) bond motifs is 3. The molecule has 0 spiro atoms. The van der Waals surface area contributed by atoms with Crippen LogP contribution in [-0.4, -0.2) is 48.2 Å². The van der Waals surface area contributed by atoms with Gasteiger partial charge in [-0.25, -0.2) is 9.97 Å². The Labute approximate surface area is 199 Å². The highest BCUT2D eigenvalue weighted by Crippen LogP contribution is 2.33. The van der Waals surface area contributed by atoms with Crippen LogP contribution in [-0.2, 0) is 29.3 Å². The largest absolute Gasteiger partial charge is 0.410 e. The first kappa shape index (κ1) is 23.3. The van der Waals surface area contributed by atoms with E-state index in [0.29, 0.717) is 43.4 Å². The van der Waals surface area contributed by atoms with Crippen molar-refractivity contribution in [3.63, 3.8) is 0 Å². The van der Waals surface area contributed by atoms with E-state index in [1.54, 1.807) is 13.0 Å². The van der Waals surface area contributed by atoms with Gasteiger partial charge in [0.25, 0.3) is 0 Å². The van der Waals surface area contributed by atoms with Gasteiger partial charge < -0.3 is 25.6 Å². The highest BCUT2D eigenvalue weighted by atomic mass is 19.4. The molecule has 1 aromatic carbocycles. The molecule has 1 saturated heterocycles. The van der Waals surface area contributed by atoms with Crippen LogP contribution in [0.2, 0.25) is 0 Å². The second-order valence-electron chi connectivity index (χ2n) is 8.76. The van der Waals surface area contributed by atoms with Gasteiger partial charge in [0.1, 0.15) is 17.7 Å². The highest BCUT2D eigenvalue weighted by molar-refractivity contribution is 5.87. The highest BCUT2D eigenvalue weighted by Gasteiger charge is 2.45. The number of nitrogen functional groups attached to an aromatic ring is 1. The fourth-order valence-electron chi connectivity index (χ4n) is 4.77. The second-order valence-corrected chi connectivity index (χ2v) is 8.76. The normalized spacial score (nSPS) is 18.1. The zero-order valence-electron chi connectivity index (χ0n) is 19.1. The zero-order chi connectivity index (χ0) is 24.7. The number of ether oxygens (including phenoxy) is 1. The molecule has 0 aliphatic carbocycles. The van der Waals surface area contributed by atoms with Gasteiger partial charge in [-0.3, -0.25) is 4.79 Å². The van der Waals surface area contributed by atoms with E-state index in [1.807, 2.05) is 18.2 Å². The molecule has 3 aromatic rings. The standard InChI is InChI=1S/C24H25F3N6O2/c1-14-20(4-5-22(30-14)33-7-6-29-9-21(33)24(25,26)27)32(13-34)10-15-2-3-16-17-11-35-12-18(17)23(28)31-19(16)8-15/h2-5,8,13,21,29H,6-7,9-12H2,1H3,(H2,28,31). The summed E-state index contributed by atoms with van der Waals surface area (Å²) in [6, 6.07) is 7.27. The van der Waals surface area contributed by atoms with Crippen LogP contribution in [0.4, 0.5) is 30.5 Å². The number of hydrogen-bond acceptors (Lipinski definition) is 7. The topological polar surface area (TPSA) is 96.6 Å². The number of nitrogens with one attached hydrogen (secondary N) is 1. The monoisotopic (exact) mass is 486 g/mol. The number of nitrogens with zero attached hydrogens (tertiary/aromatic N) is 4. The number of amides is 1. The number of hydrogen-bond donors (Lipinski definition) is 2. The molecule has 11 heteroatoms. The van der Waals surface area contributed by atoms with Crippen LogP contribution in [0.3, 0.4) is 0 Å². The van der Waals surface area contributed by atoms with Gasteiger partial charge >= 0.3 is 6.18 Å². The minimum Gasteiger partial charge on any atom is -0.383 e. The van der Waals surface area contributed by atoms with E-state index in [-0.39, 0.29) is 25.5 Å². The fourth-order valence-corrected chi connectivity index (χ4v) is 4.77. The number of rotatable bonds is 5. The van der Waals surface area contributed by atoms with Crippen molar-refractivity contribution in [2.24, 2.45) is 0 Å². The van der Waals surface area contributed by atoms with Gasteiger partial charge in [-0.05, 0) is 36.2 Å². The molecule has 0 bridgehead atoms. The van der Waals surface area contributed by atoms with Gasteiger partial charge in [0.2, 0.25) is 6.41 Å². The Morgan fingerprint density at radius 2 is 2.03 bits per heavy atom. The maximum atomic E-state index is 13.5. The molecule has 35 heavy (non-hydrogen) atoms. The summed E-state index contributed by atoms with van der Waals surface area (Å²) >= 11 is 0. The van der Waals surface area contributed by atoms with Crippen molar-refractivity contribution in [2.75, 3.05) is 35.2 Å². The van der Waals surface area contributed by atoms with Crippen LogP contribution in [0, 0.1) is 6.92 Å². The molecule has 184 valence electrons. The van der Waals surface area contributed by atoms with E-state index in [9.17, 15) is 18.0 Å². The lowest BCUT2D eigenvalue weighted by Crippen LogP contribution is -2.58. The number of carbonyl (C=O) groups excluding carboxylic acids is 1. The predicted molar refractivity (Wildman–Crippen MR) is 126 cm³/mol. The molecule has 0 saturated carbocycles. The van der Waals surface area contributed by atoms with Crippen molar-refractivity contribution in [2.45, 2.75) is 38.9 Å². The van der Waals surface area contributed by atoms with Crippen molar-refractivity contribution in [1.29, 1.82) is 0 Å². The van der Waals surface area contributed by atoms with E-state index in [1.165, 1.54) is 15.9 Å². The Bertz CT molecular complexity index is 1280. The van der Waals surface area contributed by atoms with Crippen molar-refractivity contribution >= 4 is 34.6 Å². The first-order chi connectivity index (χ1) is 16.8. The van der Waals surface area contributed by atoms with E-state index < -0.39 is 12.2 Å². The van der Waals surface area contributed by atoms with Gasteiger partial charge in [0.15, 0.2) is 0 Å². The van der Waals surface area contributed by atoms with E-state index in [2.05, 4.69) is 15.3 Å². The molecule has 2 aliphatic heterocycles. The van der Waals surface area contributed by atoms with Crippen LogP contribution in [0.1, 0.15) is 22.4 Å². The summed E-state index contributed by atoms with van der Waals surface area (Å²) in [4.78, 5) is 23.6. The van der Waals surface area contributed by atoms with Crippen LogP contribution in [0.15, 0.2) is 30.3 Å². The summed E-state index contributed by atoms with van der Waals surface area (Å²) in [5, 5.41) is 3.75. The maximum Gasteiger partial charge on any atom is 0.410 e. The minimum atomic E-state index is -4.38. The number of alkyl halides is 3. The lowest BCUT2D eigenvalue weighted by atomic mass is 10.0. The fraction of sp³-hybridized carbons (Fsp3) is 0.375. The molecule has 4 heterocycles. The van der Waals surface area contributed by atoms with Gasteiger partial charge in [-0.1, -0.05) is 12.1 Å². The first-order valence-corrected chi connectivity index (χ1v) is 11.3. The Kier molecular flexibility index (Phi) is 5.97. The molecule has 5 rings (SSSR count). The second kappa shape index (κ2) is 8.97. The molecule has 2 aliphatic rings.